The number of carbonyl (C=O) groups is 2. The van der Waals surface area contributed by atoms with E-state index in [9.17, 15) is 24.2 Å². The number of benzene rings is 2. The first kappa shape index (κ1) is 30.0. The highest BCUT2D eigenvalue weighted by atomic mass is 19.1. The Morgan fingerprint density at radius 2 is 1.78 bits per heavy atom. The van der Waals surface area contributed by atoms with Gasteiger partial charge in [0.1, 0.15) is 41.5 Å². The van der Waals surface area contributed by atoms with Crippen molar-refractivity contribution in [1.29, 1.82) is 0 Å². The van der Waals surface area contributed by atoms with E-state index in [1.54, 1.807) is 45.0 Å². The Hall–Kier alpha value is -4.02. The number of hydrogen-bond acceptors (Lipinski definition) is 8. The minimum absolute atomic E-state index is 0.00499. The zero-order chi connectivity index (χ0) is 30.2. The topological polar surface area (TPSA) is 141 Å². The highest BCUT2D eigenvalue weighted by molar-refractivity contribution is 5.96. The lowest BCUT2D eigenvalue weighted by atomic mass is 9.81. The van der Waals surface area contributed by atoms with Crippen molar-refractivity contribution in [2.45, 2.75) is 57.2 Å². The number of rotatable bonds is 11. The summed E-state index contributed by atoms with van der Waals surface area (Å²) in [7, 11) is 1.45. The van der Waals surface area contributed by atoms with Gasteiger partial charge in [0.25, 0.3) is 0 Å². The average molecular weight is 567 g/mol. The number of fused-ring (bicyclic) bond motifs is 1. The number of pyridine rings is 1. The number of halogens is 1. The van der Waals surface area contributed by atoms with E-state index < -0.39 is 28.3 Å². The molecule has 0 fully saturated rings. The van der Waals surface area contributed by atoms with Gasteiger partial charge in [-0.25, -0.2) is 9.37 Å². The summed E-state index contributed by atoms with van der Waals surface area (Å²) in [5.74, 6) is -0.216. The van der Waals surface area contributed by atoms with Gasteiger partial charge in [-0.05, 0) is 82.6 Å². The smallest absolute Gasteiger partial charge is 0.231 e. The van der Waals surface area contributed by atoms with Crippen molar-refractivity contribution < 1.29 is 38.4 Å². The van der Waals surface area contributed by atoms with Crippen LogP contribution in [0, 0.1) is 5.82 Å². The largest absolute Gasteiger partial charge is 0.493 e. The predicted octanol–water partition coefficient (Wildman–Crippen LogP) is 4.05. The average Bonchev–Trinajstić information content (AvgIpc) is 3.28. The van der Waals surface area contributed by atoms with Crippen molar-refractivity contribution in [3.05, 3.63) is 71.2 Å². The monoisotopic (exact) mass is 566 g/mol. The predicted molar refractivity (Wildman–Crippen MR) is 150 cm³/mol. The first-order valence-corrected chi connectivity index (χ1v) is 13.2. The van der Waals surface area contributed by atoms with Crippen molar-refractivity contribution in [3.8, 4) is 28.5 Å². The van der Waals surface area contributed by atoms with Crippen LogP contribution in [0.25, 0.3) is 11.3 Å². The molecule has 3 aromatic rings. The van der Waals surface area contributed by atoms with Crippen LogP contribution in [-0.4, -0.2) is 52.8 Å². The maximum absolute atomic E-state index is 13.6. The van der Waals surface area contributed by atoms with Gasteiger partial charge in [0.05, 0.1) is 18.4 Å². The summed E-state index contributed by atoms with van der Waals surface area (Å²) in [6.45, 7) is 6.45. The number of amides is 1. The van der Waals surface area contributed by atoms with Crippen molar-refractivity contribution in [3.63, 3.8) is 0 Å². The molecule has 4 rings (SSSR count). The number of ketones is 1. The quantitative estimate of drug-likeness (QED) is 0.295. The van der Waals surface area contributed by atoms with E-state index in [2.05, 4.69) is 4.98 Å². The zero-order valence-electron chi connectivity index (χ0n) is 23.8. The van der Waals surface area contributed by atoms with Crippen LogP contribution in [0.15, 0.2) is 48.5 Å². The second kappa shape index (κ2) is 11.1. The van der Waals surface area contributed by atoms with Crippen molar-refractivity contribution >= 4 is 11.7 Å². The van der Waals surface area contributed by atoms with E-state index in [0.717, 1.165) is 0 Å². The molecule has 2 aromatic carbocycles. The van der Waals surface area contributed by atoms with Crippen molar-refractivity contribution in [2.75, 3.05) is 20.3 Å². The summed E-state index contributed by atoms with van der Waals surface area (Å²) in [5.41, 5.74) is 3.83. The maximum atomic E-state index is 13.6. The van der Waals surface area contributed by atoms with E-state index in [-0.39, 0.29) is 37.5 Å². The second-order valence-corrected chi connectivity index (χ2v) is 11.4. The molecule has 2 atom stereocenters. The summed E-state index contributed by atoms with van der Waals surface area (Å²) in [5, 5.41) is 21.5. The van der Waals surface area contributed by atoms with Gasteiger partial charge >= 0.3 is 0 Å². The molecule has 0 saturated carbocycles. The highest BCUT2D eigenvalue weighted by Gasteiger charge is 2.45. The Bertz CT molecular complexity index is 1460. The molecule has 0 saturated heterocycles. The lowest BCUT2D eigenvalue weighted by molar-refractivity contribution is -0.123. The number of aliphatic hydroxyl groups is 2. The standard InChI is InChI=1S/C31H35FN2O7/c1-29(2,37)16-40-23-11-8-19(14-24(23)39-5)22(35)12-13-31(4,38)25-15-21-27(41-17-30(21,3)28(33)36)26(34-25)18-6-9-20(32)10-7-18/h6-11,14-15,37-38H,12-13,16-17H2,1-5H3,(H2,33,36)/t30-,31-/m0/s1. The fourth-order valence-electron chi connectivity index (χ4n) is 4.51. The number of ether oxygens (including phenoxy) is 3. The molecule has 10 heteroatoms. The molecule has 9 nitrogen and oxygen atoms in total. The van der Waals surface area contributed by atoms with E-state index >= 15 is 0 Å². The number of nitrogens with zero attached hydrogens (tertiary/aromatic N) is 1. The Balaban J connectivity index is 1.62. The number of methoxy groups -OCH3 is 1. The Kier molecular flexibility index (Phi) is 8.11. The van der Waals surface area contributed by atoms with Crippen LogP contribution in [0.5, 0.6) is 17.2 Å². The van der Waals surface area contributed by atoms with Crippen LogP contribution in [0.3, 0.4) is 0 Å². The first-order valence-electron chi connectivity index (χ1n) is 13.2. The first-order chi connectivity index (χ1) is 19.1. The number of nitrogens with two attached hydrogens (primary N) is 1. The molecule has 218 valence electrons. The minimum Gasteiger partial charge on any atom is -0.493 e. The van der Waals surface area contributed by atoms with E-state index in [4.69, 9.17) is 19.9 Å². The summed E-state index contributed by atoms with van der Waals surface area (Å²) in [6, 6.07) is 12.0. The molecule has 1 amide bonds. The van der Waals surface area contributed by atoms with Gasteiger partial charge in [0, 0.05) is 23.1 Å². The molecular formula is C31H35FN2O7. The van der Waals surface area contributed by atoms with Gasteiger partial charge in [-0.15, -0.1) is 0 Å². The molecule has 0 unspecified atom stereocenters. The van der Waals surface area contributed by atoms with Crippen LogP contribution in [-0.2, 0) is 15.8 Å². The zero-order valence-corrected chi connectivity index (χ0v) is 23.8. The second-order valence-electron chi connectivity index (χ2n) is 11.4. The molecular weight excluding hydrogens is 531 g/mol. The number of aromatic nitrogens is 1. The molecule has 4 N–H and O–H groups in total. The van der Waals surface area contributed by atoms with E-state index in [0.29, 0.717) is 39.6 Å². The molecule has 0 bridgehead atoms. The summed E-state index contributed by atoms with van der Waals surface area (Å²) in [6.07, 6.45) is -0.0256. The SMILES string of the molecule is COc1cc(C(=O)CC[C@](C)(O)c2cc3c(c(-c4ccc(F)cc4)n2)OC[C@]3(C)C(N)=O)ccc1OCC(C)(C)O. The van der Waals surface area contributed by atoms with Gasteiger partial charge in [0.2, 0.25) is 5.91 Å². The van der Waals surface area contributed by atoms with Gasteiger partial charge in [-0.2, -0.15) is 0 Å². The van der Waals surface area contributed by atoms with E-state index in [1.807, 2.05) is 0 Å². The van der Waals surface area contributed by atoms with Crippen molar-refractivity contribution in [1.82, 2.24) is 4.98 Å². The fraction of sp³-hybridized carbons (Fsp3) is 0.387. The van der Waals surface area contributed by atoms with Gasteiger partial charge in [0.15, 0.2) is 17.3 Å². The molecule has 1 aliphatic rings. The normalized spacial score (nSPS) is 17.8. The molecule has 41 heavy (non-hydrogen) atoms. The lowest BCUT2D eigenvalue weighted by Gasteiger charge is -2.26. The van der Waals surface area contributed by atoms with Gasteiger partial charge in [-0.3, -0.25) is 9.59 Å². The minimum atomic E-state index is -1.58. The highest BCUT2D eigenvalue weighted by Crippen LogP contribution is 2.46. The summed E-state index contributed by atoms with van der Waals surface area (Å²) >= 11 is 0. The van der Waals surface area contributed by atoms with Gasteiger partial charge in [-0.1, -0.05) is 0 Å². The Labute approximate surface area is 238 Å². The molecule has 1 aromatic heterocycles. The lowest BCUT2D eigenvalue weighted by Crippen LogP contribution is -2.40. The summed E-state index contributed by atoms with van der Waals surface area (Å²) in [4.78, 5) is 30.2. The molecule has 0 aliphatic carbocycles. The molecule has 0 spiro atoms. The van der Waals surface area contributed by atoms with Crippen LogP contribution in [0.1, 0.15) is 62.2 Å². The fourth-order valence-corrected chi connectivity index (χ4v) is 4.51. The van der Waals surface area contributed by atoms with Crippen LogP contribution in [0.4, 0.5) is 4.39 Å². The molecule has 2 heterocycles. The number of carbonyl (C=O) groups excluding carboxylic acids is 2. The maximum Gasteiger partial charge on any atom is 0.231 e. The van der Waals surface area contributed by atoms with Crippen LogP contribution in [0.2, 0.25) is 0 Å². The van der Waals surface area contributed by atoms with Crippen molar-refractivity contribution in [2.24, 2.45) is 5.73 Å². The Morgan fingerprint density at radius 3 is 2.39 bits per heavy atom. The van der Waals surface area contributed by atoms with Gasteiger partial charge < -0.3 is 30.2 Å². The number of primary amides is 1. The number of Topliss-reactive ketones (excluding diaryl/α,β-unsaturated/α-hetero) is 1. The Morgan fingerprint density at radius 1 is 1.10 bits per heavy atom. The third kappa shape index (κ3) is 6.34. The van der Waals surface area contributed by atoms with Crippen LogP contribution < -0.4 is 19.9 Å². The third-order valence-electron chi connectivity index (χ3n) is 7.19. The van der Waals surface area contributed by atoms with Crippen LogP contribution >= 0.6 is 0 Å². The van der Waals surface area contributed by atoms with E-state index in [1.165, 1.54) is 38.3 Å². The number of hydrogen-bond donors (Lipinski definition) is 3. The molecule has 1 aliphatic heterocycles. The molecule has 0 radical (unpaired) electrons. The third-order valence-corrected chi connectivity index (χ3v) is 7.19. The summed E-state index contributed by atoms with van der Waals surface area (Å²) < 4.78 is 30.5.